The van der Waals surface area contributed by atoms with E-state index in [4.69, 9.17) is 5.11 Å². The molecule has 0 fully saturated rings. The number of carboxylic acids is 1. The molecule has 3 aromatic heterocycles. The normalized spacial score (nSPS) is 10.9. The van der Waals surface area contributed by atoms with E-state index in [-0.39, 0.29) is 5.56 Å². The average Bonchev–Trinajstić information content (AvgIpc) is 3.11. The van der Waals surface area contributed by atoms with Crippen molar-refractivity contribution in [2.75, 3.05) is 5.32 Å². The molecule has 0 amide bonds. The van der Waals surface area contributed by atoms with Crippen molar-refractivity contribution in [3.63, 3.8) is 0 Å². The van der Waals surface area contributed by atoms with Crippen molar-refractivity contribution in [2.24, 2.45) is 0 Å². The van der Waals surface area contributed by atoms with Gasteiger partial charge < -0.3 is 15.4 Å². The number of imidazole rings is 1. The van der Waals surface area contributed by atoms with E-state index in [1.165, 1.54) is 18.3 Å². The summed E-state index contributed by atoms with van der Waals surface area (Å²) >= 11 is 0. The molecule has 0 spiro atoms. The predicted molar refractivity (Wildman–Crippen MR) is 100 cm³/mol. The molecule has 4 rings (SSSR count). The van der Waals surface area contributed by atoms with Crippen molar-refractivity contribution in [3.8, 4) is 11.4 Å². The summed E-state index contributed by atoms with van der Waals surface area (Å²) in [4.78, 5) is 31.8. The molecule has 27 heavy (non-hydrogen) atoms. The summed E-state index contributed by atoms with van der Waals surface area (Å²) in [5, 5.41) is 12.2. The van der Waals surface area contributed by atoms with E-state index >= 15 is 0 Å². The molecule has 3 heterocycles. The molecule has 8 nitrogen and oxygen atoms in total. The number of aromatic nitrogens is 5. The summed E-state index contributed by atoms with van der Waals surface area (Å²) in [5.74, 6) is 0.178. The lowest BCUT2D eigenvalue weighted by atomic mass is 10.2. The van der Waals surface area contributed by atoms with Gasteiger partial charge in [-0.25, -0.2) is 19.7 Å². The number of hydrogen-bond donors (Lipinski definition) is 3. The molecule has 0 unspecified atom stereocenters. The number of hydrogen-bond acceptors (Lipinski definition) is 6. The maximum atomic E-state index is 11.1. The van der Waals surface area contributed by atoms with Crippen molar-refractivity contribution in [1.82, 2.24) is 24.9 Å². The molecule has 0 radical (unpaired) electrons. The largest absolute Gasteiger partial charge is 0.478 e. The molecule has 1 aromatic carbocycles. The van der Waals surface area contributed by atoms with Gasteiger partial charge in [-0.1, -0.05) is 12.1 Å². The van der Waals surface area contributed by atoms with Crippen LogP contribution in [0.4, 0.5) is 5.95 Å². The molecule has 0 atom stereocenters. The second-order valence-corrected chi connectivity index (χ2v) is 6.01. The van der Waals surface area contributed by atoms with Crippen LogP contribution in [0.2, 0.25) is 0 Å². The van der Waals surface area contributed by atoms with E-state index in [1.54, 1.807) is 12.3 Å². The SMILES string of the molecule is Cc1cccc2[nH]c(CNc3nccc(-c4cc(C(=O)O)ccn4)n3)nc12. The highest BCUT2D eigenvalue weighted by Gasteiger charge is 2.09. The molecule has 8 heteroatoms. The minimum atomic E-state index is -1.01. The number of aryl methyl sites for hydroxylation is 1. The number of H-pyrrole nitrogens is 1. The molecule has 3 N–H and O–H groups in total. The molecule has 0 aliphatic carbocycles. The van der Waals surface area contributed by atoms with Gasteiger partial charge in [0, 0.05) is 12.4 Å². The van der Waals surface area contributed by atoms with Crippen LogP contribution in [0.15, 0.2) is 48.8 Å². The molecule has 0 saturated heterocycles. The van der Waals surface area contributed by atoms with Gasteiger partial charge in [0.1, 0.15) is 5.82 Å². The molecule has 4 aromatic rings. The number of fused-ring (bicyclic) bond motifs is 1. The fourth-order valence-corrected chi connectivity index (χ4v) is 2.76. The first kappa shape index (κ1) is 16.6. The van der Waals surface area contributed by atoms with Gasteiger partial charge in [0.25, 0.3) is 0 Å². The van der Waals surface area contributed by atoms with Gasteiger partial charge in [-0.3, -0.25) is 4.98 Å². The summed E-state index contributed by atoms with van der Waals surface area (Å²) in [6, 6.07) is 10.6. The third-order valence-electron chi connectivity index (χ3n) is 4.10. The Hall–Kier alpha value is -3.81. The third-order valence-corrected chi connectivity index (χ3v) is 4.10. The monoisotopic (exact) mass is 360 g/mol. The molecule has 0 saturated carbocycles. The Bertz CT molecular complexity index is 1140. The van der Waals surface area contributed by atoms with Gasteiger partial charge in [0.2, 0.25) is 5.95 Å². The van der Waals surface area contributed by atoms with E-state index in [1.807, 2.05) is 25.1 Å². The summed E-state index contributed by atoms with van der Waals surface area (Å²) in [6.45, 7) is 2.45. The smallest absolute Gasteiger partial charge is 0.335 e. The minimum absolute atomic E-state index is 0.158. The number of pyridine rings is 1. The Morgan fingerprint density at radius 1 is 1.11 bits per heavy atom. The highest BCUT2D eigenvalue weighted by molar-refractivity contribution is 5.88. The van der Waals surface area contributed by atoms with Crippen LogP contribution in [0.25, 0.3) is 22.4 Å². The summed E-state index contributed by atoms with van der Waals surface area (Å²) in [5.41, 5.74) is 4.20. The van der Waals surface area contributed by atoms with Gasteiger partial charge in [0.05, 0.1) is 34.5 Å². The highest BCUT2D eigenvalue weighted by Crippen LogP contribution is 2.18. The van der Waals surface area contributed by atoms with Gasteiger partial charge in [-0.15, -0.1) is 0 Å². The number of carboxylic acid groups (broad SMARTS) is 1. The van der Waals surface area contributed by atoms with Crippen LogP contribution in [-0.2, 0) is 6.54 Å². The Morgan fingerprint density at radius 2 is 1.96 bits per heavy atom. The zero-order chi connectivity index (χ0) is 18.8. The number of para-hydroxylation sites is 1. The number of carbonyl (C=O) groups is 1. The van der Waals surface area contributed by atoms with Gasteiger partial charge in [-0.05, 0) is 36.8 Å². The first-order valence-corrected chi connectivity index (χ1v) is 8.31. The second kappa shape index (κ2) is 6.83. The van der Waals surface area contributed by atoms with Crippen molar-refractivity contribution >= 4 is 23.0 Å². The summed E-state index contributed by atoms with van der Waals surface area (Å²) < 4.78 is 0. The minimum Gasteiger partial charge on any atom is -0.478 e. The molecule has 0 aliphatic rings. The van der Waals surface area contributed by atoms with Crippen LogP contribution in [-0.4, -0.2) is 36.0 Å². The zero-order valence-electron chi connectivity index (χ0n) is 14.5. The number of nitrogens with zero attached hydrogens (tertiary/aromatic N) is 4. The van der Waals surface area contributed by atoms with E-state index in [0.29, 0.717) is 23.9 Å². The Labute approximate surface area is 154 Å². The van der Waals surface area contributed by atoms with E-state index in [9.17, 15) is 4.79 Å². The van der Waals surface area contributed by atoms with Crippen LogP contribution < -0.4 is 5.32 Å². The molecule has 0 bridgehead atoms. The second-order valence-electron chi connectivity index (χ2n) is 6.01. The quantitative estimate of drug-likeness (QED) is 0.501. The highest BCUT2D eigenvalue weighted by atomic mass is 16.4. The lowest BCUT2D eigenvalue weighted by molar-refractivity contribution is 0.0697. The van der Waals surface area contributed by atoms with E-state index in [0.717, 1.165) is 22.4 Å². The molecule has 0 aliphatic heterocycles. The van der Waals surface area contributed by atoms with Crippen LogP contribution in [0, 0.1) is 6.92 Å². The van der Waals surface area contributed by atoms with Gasteiger partial charge in [-0.2, -0.15) is 0 Å². The van der Waals surface area contributed by atoms with Crippen LogP contribution in [0.5, 0.6) is 0 Å². The molecule has 134 valence electrons. The number of rotatable bonds is 5. The first-order valence-electron chi connectivity index (χ1n) is 8.31. The topological polar surface area (TPSA) is 117 Å². The standard InChI is InChI=1S/C19H16N6O2/c1-11-3-2-4-14-17(11)25-16(23-14)10-22-19-21-8-6-13(24-19)15-9-12(18(26)27)5-7-20-15/h2-9H,10H2,1H3,(H,23,25)(H,26,27)(H,21,22,24). The van der Waals surface area contributed by atoms with Crippen molar-refractivity contribution < 1.29 is 9.90 Å². The maximum Gasteiger partial charge on any atom is 0.335 e. The van der Waals surface area contributed by atoms with Crippen LogP contribution >= 0.6 is 0 Å². The number of aromatic amines is 1. The molecular formula is C19H16N6O2. The Morgan fingerprint density at radius 3 is 2.78 bits per heavy atom. The van der Waals surface area contributed by atoms with Crippen LogP contribution in [0.1, 0.15) is 21.7 Å². The number of benzene rings is 1. The fourth-order valence-electron chi connectivity index (χ4n) is 2.76. The zero-order valence-corrected chi connectivity index (χ0v) is 14.5. The lowest BCUT2D eigenvalue weighted by Crippen LogP contribution is -2.05. The van der Waals surface area contributed by atoms with Crippen LogP contribution in [0.3, 0.4) is 0 Å². The maximum absolute atomic E-state index is 11.1. The van der Waals surface area contributed by atoms with E-state index in [2.05, 4.69) is 30.2 Å². The van der Waals surface area contributed by atoms with Gasteiger partial charge >= 0.3 is 5.97 Å². The Balaban J connectivity index is 1.55. The van der Waals surface area contributed by atoms with Crippen molar-refractivity contribution in [3.05, 3.63) is 65.7 Å². The van der Waals surface area contributed by atoms with Gasteiger partial charge in [0.15, 0.2) is 0 Å². The number of aromatic carboxylic acids is 1. The predicted octanol–water partition coefficient (Wildman–Crippen LogP) is 3.03. The van der Waals surface area contributed by atoms with Crippen molar-refractivity contribution in [1.29, 1.82) is 0 Å². The number of nitrogens with one attached hydrogen (secondary N) is 2. The average molecular weight is 360 g/mol. The first-order chi connectivity index (χ1) is 13.1. The molecular weight excluding hydrogens is 344 g/mol. The van der Waals surface area contributed by atoms with E-state index < -0.39 is 5.97 Å². The number of anilines is 1. The fraction of sp³-hybridized carbons (Fsp3) is 0.105. The summed E-state index contributed by atoms with van der Waals surface area (Å²) in [7, 11) is 0. The van der Waals surface area contributed by atoms with Crippen molar-refractivity contribution in [2.45, 2.75) is 13.5 Å². The summed E-state index contributed by atoms with van der Waals surface area (Å²) in [6.07, 6.45) is 3.05. The Kier molecular flexibility index (Phi) is 4.21. The third kappa shape index (κ3) is 3.45. The lowest BCUT2D eigenvalue weighted by Gasteiger charge is -2.05.